The van der Waals surface area contributed by atoms with E-state index in [4.69, 9.17) is 9.47 Å². The van der Waals surface area contributed by atoms with Gasteiger partial charge < -0.3 is 25.2 Å². The zero-order valence-corrected chi connectivity index (χ0v) is 25.4. The van der Waals surface area contributed by atoms with Crippen LogP contribution in [0.3, 0.4) is 0 Å². The molecule has 2 aromatic carbocycles. The maximum Gasteiger partial charge on any atom is 0.251 e. The number of carbonyl (C=O) groups is 2. The minimum Gasteiger partial charge on any atom is -0.395 e. The van der Waals surface area contributed by atoms with Crippen LogP contribution in [0.4, 0.5) is 0 Å². The Morgan fingerprint density at radius 2 is 1.45 bits per heavy atom. The smallest absolute Gasteiger partial charge is 0.251 e. The first kappa shape index (κ1) is 31.8. The van der Waals surface area contributed by atoms with E-state index in [1.165, 1.54) is 0 Å². The molecular weight excluding hydrogens is 504 g/mol. The lowest BCUT2D eigenvalue weighted by atomic mass is 9.95. The van der Waals surface area contributed by atoms with Gasteiger partial charge >= 0.3 is 0 Å². The largest absolute Gasteiger partial charge is 0.395 e. The Hall–Kier alpha value is -2.74. The van der Waals surface area contributed by atoms with Crippen LogP contribution in [-0.2, 0) is 9.47 Å². The van der Waals surface area contributed by atoms with Crippen molar-refractivity contribution in [1.82, 2.24) is 10.6 Å². The van der Waals surface area contributed by atoms with Crippen molar-refractivity contribution in [3.05, 3.63) is 58.7 Å². The van der Waals surface area contributed by atoms with Crippen LogP contribution in [0.5, 0.6) is 0 Å². The summed E-state index contributed by atoms with van der Waals surface area (Å²) in [5.74, 6) is 0.0223. The molecule has 0 aliphatic heterocycles. The van der Waals surface area contributed by atoms with E-state index in [9.17, 15) is 14.7 Å². The molecular formula is C33H48N2O5. The molecule has 0 fully saturated rings. The number of methoxy groups -OCH3 is 1. The molecule has 2 atom stereocenters. The van der Waals surface area contributed by atoms with Crippen LogP contribution in [-0.4, -0.2) is 61.5 Å². The average molecular weight is 553 g/mol. The second kappa shape index (κ2) is 13.7. The molecule has 0 saturated heterocycles. The molecule has 0 radical (unpaired) electrons. The van der Waals surface area contributed by atoms with E-state index in [-0.39, 0.29) is 35.5 Å². The quantitative estimate of drug-likeness (QED) is 0.264. The molecule has 0 bridgehead atoms. The number of hydrogen-bond acceptors (Lipinski definition) is 5. The van der Waals surface area contributed by atoms with E-state index >= 15 is 0 Å². The fourth-order valence-corrected chi connectivity index (χ4v) is 4.90. The Balaban J connectivity index is 1.62. The predicted molar refractivity (Wildman–Crippen MR) is 160 cm³/mol. The minimum absolute atomic E-state index is 0.102. The highest BCUT2D eigenvalue weighted by atomic mass is 16.5. The van der Waals surface area contributed by atoms with Gasteiger partial charge in [-0.1, -0.05) is 32.4 Å². The molecule has 2 amide bonds. The Kier molecular flexibility index (Phi) is 10.9. The number of rotatable bonds is 15. The molecule has 0 saturated carbocycles. The minimum atomic E-state index is -0.378. The summed E-state index contributed by atoms with van der Waals surface area (Å²) < 4.78 is 11.5. The summed E-state index contributed by atoms with van der Waals surface area (Å²) in [6, 6.07) is 11.3. The normalized spacial score (nSPS) is 15.3. The van der Waals surface area contributed by atoms with Gasteiger partial charge in [0.15, 0.2) is 0 Å². The zero-order chi connectivity index (χ0) is 29.5. The molecule has 3 N–H and O–H groups in total. The number of nitrogens with one attached hydrogen (secondary N) is 2. The van der Waals surface area contributed by atoms with Gasteiger partial charge in [-0.15, -0.1) is 0 Å². The van der Waals surface area contributed by atoms with Crippen LogP contribution in [0.2, 0.25) is 0 Å². The standard InChI is InChI=1S/C33H48N2O5/c1-8-22(2)13-16-34-30(37)23-9-11-25-26-12-10-24(20-28(26)29(21-36)27(25)19-23)31(38)35-17-14-33(5,6)40-18-15-32(3,4)39-7/h9-12,19-20,22,29,36H,8,13-18,21H2,1-7H3,(H,34,37)(H,35,38). The third-order valence-corrected chi connectivity index (χ3v) is 8.23. The summed E-state index contributed by atoms with van der Waals surface area (Å²) in [6.45, 7) is 14.1. The van der Waals surface area contributed by atoms with Gasteiger partial charge in [0.1, 0.15) is 0 Å². The highest BCUT2D eigenvalue weighted by Gasteiger charge is 2.30. The molecule has 0 heterocycles. The Labute approximate surface area is 240 Å². The Morgan fingerprint density at radius 3 is 1.95 bits per heavy atom. The summed E-state index contributed by atoms with van der Waals surface area (Å²) in [5.41, 5.74) is 4.33. The fourth-order valence-electron chi connectivity index (χ4n) is 4.90. The van der Waals surface area contributed by atoms with E-state index in [0.717, 1.165) is 41.5 Å². The molecule has 2 unspecified atom stereocenters. The molecule has 3 rings (SSSR count). The van der Waals surface area contributed by atoms with Gasteiger partial charge in [-0.05, 0) is 99.4 Å². The van der Waals surface area contributed by atoms with E-state index in [1.807, 2.05) is 64.1 Å². The van der Waals surface area contributed by atoms with Crippen molar-refractivity contribution < 1.29 is 24.2 Å². The van der Waals surface area contributed by atoms with Gasteiger partial charge in [0.25, 0.3) is 11.8 Å². The van der Waals surface area contributed by atoms with E-state index in [1.54, 1.807) is 7.11 Å². The van der Waals surface area contributed by atoms with Crippen LogP contribution in [0.15, 0.2) is 36.4 Å². The lowest BCUT2D eigenvalue weighted by molar-refractivity contribution is -0.0605. The van der Waals surface area contributed by atoms with Crippen molar-refractivity contribution in [2.45, 2.75) is 84.3 Å². The zero-order valence-electron chi connectivity index (χ0n) is 25.4. The number of hydrogen-bond donors (Lipinski definition) is 3. The first-order chi connectivity index (χ1) is 18.9. The summed E-state index contributed by atoms with van der Waals surface area (Å²) in [7, 11) is 1.70. The van der Waals surface area contributed by atoms with Crippen molar-refractivity contribution in [1.29, 1.82) is 0 Å². The van der Waals surface area contributed by atoms with Crippen molar-refractivity contribution in [2.24, 2.45) is 5.92 Å². The van der Waals surface area contributed by atoms with E-state index in [0.29, 0.717) is 43.2 Å². The monoisotopic (exact) mass is 552 g/mol. The fraction of sp³-hybridized carbons (Fsp3) is 0.576. The van der Waals surface area contributed by atoms with Crippen molar-refractivity contribution in [3.63, 3.8) is 0 Å². The van der Waals surface area contributed by atoms with Crippen LogP contribution in [0.1, 0.15) is 105 Å². The van der Waals surface area contributed by atoms with Crippen molar-refractivity contribution in [3.8, 4) is 11.1 Å². The number of benzene rings is 2. The molecule has 7 nitrogen and oxygen atoms in total. The molecule has 0 spiro atoms. The van der Waals surface area contributed by atoms with Gasteiger partial charge in [0.05, 0.1) is 24.4 Å². The van der Waals surface area contributed by atoms with Crippen LogP contribution >= 0.6 is 0 Å². The maximum atomic E-state index is 13.0. The number of fused-ring (bicyclic) bond motifs is 3. The second-order valence-electron chi connectivity index (χ2n) is 12.2. The van der Waals surface area contributed by atoms with Crippen molar-refractivity contribution >= 4 is 11.8 Å². The molecule has 220 valence electrons. The molecule has 1 aliphatic carbocycles. The summed E-state index contributed by atoms with van der Waals surface area (Å²) in [5, 5.41) is 16.3. The lowest BCUT2D eigenvalue weighted by Gasteiger charge is -2.29. The van der Waals surface area contributed by atoms with Crippen LogP contribution in [0.25, 0.3) is 11.1 Å². The van der Waals surface area contributed by atoms with Crippen molar-refractivity contribution in [2.75, 3.05) is 33.4 Å². The van der Waals surface area contributed by atoms with E-state index in [2.05, 4.69) is 24.5 Å². The predicted octanol–water partition coefficient (Wildman–Crippen LogP) is 5.69. The molecule has 40 heavy (non-hydrogen) atoms. The highest BCUT2D eigenvalue weighted by Crippen LogP contribution is 2.45. The molecule has 7 heteroatoms. The number of ether oxygens (including phenoxy) is 2. The van der Waals surface area contributed by atoms with Gasteiger partial charge in [0.2, 0.25) is 0 Å². The topological polar surface area (TPSA) is 96.9 Å². The average Bonchev–Trinajstić information content (AvgIpc) is 3.24. The SMILES string of the molecule is CCC(C)CCNC(=O)c1ccc2c(c1)C(CO)c1cc(C(=O)NCCC(C)(C)OCCC(C)(C)OC)ccc1-2. The Morgan fingerprint density at radius 1 is 0.900 bits per heavy atom. The van der Waals surface area contributed by atoms with Gasteiger partial charge in [-0.3, -0.25) is 9.59 Å². The van der Waals surface area contributed by atoms with Gasteiger partial charge in [-0.25, -0.2) is 0 Å². The third-order valence-electron chi connectivity index (χ3n) is 8.23. The lowest BCUT2D eigenvalue weighted by Crippen LogP contribution is -2.34. The first-order valence-electron chi connectivity index (χ1n) is 14.6. The molecule has 0 aromatic heterocycles. The number of amides is 2. The second-order valence-corrected chi connectivity index (χ2v) is 12.2. The molecule has 2 aromatic rings. The van der Waals surface area contributed by atoms with Crippen LogP contribution in [0, 0.1) is 5.92 Å². The van der Waals surface area contributed by atoms with E-state index < -0.39 is 0 Å². The number of aliphatic hydroxyl groups excluding tert-OH is 1. The van der Waals surface area contributed by atoms with Gasteiger partial charge in [0, 0.05) is 37.2 Å². The van der Waals surface area contributed by atoms with Crippen LogP contribution < -0.4 is 10.6 Å². The first-order valence-corrected chi connectivity index (χ1v) is 14.6. The summed E-state index contributed by atoms with van der Waals surface area (Å²) in [6.07, 6.45) is 3.49. The Bertz CT molecular complexity index is 1170. The van der Waals surface area contributed by atoms with Gasteiger partial charge in [-0.2, -0.15) is 0 Å². The summed E-state index contributed by atoms with van der Waals surface area (Å²) in [4.78, 5) is 25.8. The molecule has 1 aliphatic rings. The number of carbonyl (C=O) groups excluding carboxylic acids is 2. The number of aliphatic hydroxyl groups is 1. The maximum absolute atomic E-state index is 13.0. The third kappa shape index (κ3) is 8.15. The summed E-state index contributed by atoms with van der Waals surface area (Å²) >= 11 is 0. The highest BCUT2D eigenvalue weighted by molar-refractivity contribution is 5.97.